The number of rotatable bonds is 3. The average Bonchev–Trinajstić information content (AvgIpc) is 2.84. The minimum absolute atomic E-state index is 0.133. The highest BCUT2D eigenvalue weighted by atomic mass is 16.6. The fourth-order valence-electron chi connectivity index (χ4n) is 2.21. The molecule has 1 atom stereocenters. The summed E-state index contributed by atoms with van der Waals surface area (Å²) < 4.78 is 5.43. The van der Waals surface area contributed by atoms with Gasteiger partial charge in [0.2, 0.25) is 5.95 Å². The fraction of sp³-hybridized carbons (Fsp3) is 0.643. The summed E-state index contributed by atoms with van der Waals surface area (Å²) in [5, 5.41) is 3.16. The Labute approximate surface area is 119 Å². The van der Waals surface area contributed by atoms with Crippen molar-refractivity contribution in [3.63, 3.8) is 0 Å². The van der Waals surface area contributed by atoms with Gasteiger partial charge >= 0.3 is 6.09 Å². The Morgan fingerprint density at radius 3 is 2.80 bits per heavy atom. The lowest BCUT2D eigenvalue weighted by Crippen LogP contribution is -2.42. The van der Waals surface area contributed by atoms with E-state index in [2.05, 4.69) is 15.3 Å². The number of hydrogen-bond donors (Lipinski definition) is 1. The lowest BCUT2D eigenvalue weighted by molar-refractivity contribution is 0.0235. The molecule has 20 heavy (non-hydrogen) atoms. The molecular formula is C14H22N4O2. The molecule has 0 aromatic carbocycles. The van der Waals surface area contributed by atoms with Crippen LogP contribution in [0.25, 0.3) is 0 Å². The van der Waals surface area contributed by atoms with Crippen LogP contribution in [0.3, 0.4) is 0 Å². The Morgan fingerprint density at radius 1 is 1.45 bits per heavy atom. The van der Waals surface area contributed by atoms with Gasteiger partial charge in [-0.3, -0.25) is 0 Å². The summed E-state index contributed by atoms with van der Waals surface area (Å²) in [5.41, 5.74) is -0.458. The summed E-state index contributed by atoms with van der Waals surface area (Å²) in [6.45, 7) is 7.03. The second kappa shape index (κ2) is 6.07. The normalized spacial score (nSPS) is 18.9. The average molecular weight is 278 g/mol. The molecule has 0 spiro atoms. The Balaban J connectivity index is 1.89. The fourth-order valence-corrected chi connectivity index (χ4v) is 2.21. The summed E-state index contributed by atoms with van der Waals surface area (Å²) in [6, 6.07) is 1.90. The molecule has 0 aliphatic carbocycles. The summed E-state index contributed by atoms with van der Waals surface area (Å²) in [4.78, 5) is 22.1. The number of aromatic nitrogens is 2. The van der Waals surface area contributed by atoms with E-state index >= 15 is 0 Å². The van der Waals surface area contributed by atoms with Gasteiger partial charge in [0.15, 0.2) is 0 Å². The molecule has 0 saturated carbocycles. The molecule has 1 aromatic heterocycles. The van der Waals surface area contributed by atoms with Gasteiger partial charge in [-0.2, -0.15) is 0 Å². The molecule has 2 heterocycles. The highest BCUT2D eigenvalue weighted by molar-refractivity contribution is 5.69. The highest BCUT2D eigenvalue weighted by Gasteiger charge is 2.31. The second-order valence-corrected chi connectivity index (χ2v) is 5.92. The molecule has 1 unspecified atom stereocenters. The van der Waals surface area contributed by atoms with E-state index in [1.54, 1.807) is 23.4 Å². The number of amides is 1. The first-order valence-electron chi connectivity index (χ1n) is 6.96. The van der Waals surface area contributed by atoms with Crippen LogP contribution in [-0.2, 0) is 4.74 Å². The van der Waals surface area contributed by atoms with Crippen LogP contribution in [0.4, 0.5) is 10.7 Å². The van der Waals surface area contributed by atoms with Gasteiger partial charge in [0.1, 0.15) is 5.60 Å². The van der Waals surface area contributed by atoms with Gasteiger partial charge in [-0.15, -0.1) is 0 Å². The van der Waals surface area contributed by atoms with Crippen molar-refractivity contribution in [3.8, 4) is 0 Å². The summed E-state index contributed by atoms with van der Waals surface area (Å²) in [5.74, 6) is 0.587. The van der Waals surface area contributed by atoms with Gasteiger partial charge < -0.3 is 15.0 Å². The van der Waals surface area contributed by atoms with E-state index < -0.39 is 5.60 Å². The second-order valence-electron chi connectivity index (χ2n) is 5.92. The number of likely N-dealkylation sites (tertiary alicyclic amines) is 1. The monoisotopic (exact) mass is 278 g/mol. The van der Waals surface area contributed by atoms with Gasteiger partial charge in [0.05, 0.1) is 6.04 Å². The smallest absolute Gasteiger partial charge is 0.410 e. The summed E-state index contributed by atoms with van der Waals surface area (Å²) in [6.07, 6.45) is 5.11. The Kier molecular flexibility index (Phi) is 4.42. The quantitative estimate of drug-likeness (QED) is 0.918. The molecule has 110 valence electrons. The number of carbonyl (C=O) groups is 1. The van der Waals surface area contributed by atoms with Crippen molar-refractivity contribution in [3.05, 3.63) is 18.5 Å². The van der Waals surface area contributed by atoms with E-state index in [0.717, 1.165) is 19.4 Å². The van der Waals surface area contributed by atoms with Crippen LogP contribution in [0.5, 0.6) is 0 Å². The minimum Gasteiger partial charge on any atom is -0.444 e. The van der Waals surface area contributed by atoms with Crippen molar-refractivity contribution in [2.45, 2.75) is 45.3 Å². The zero-order valence-corrected chi connectivity index (χ0v) is 12.3. The first kappa shape index (κ1) is 14.6. The van der Waals surface area contributed by atoms with Crippen LogP contribution in [0.2, 0.25) is 0 Å². The van der Waals surface area contributed by atoms with Gasteiger partial charge in [0, 0.05) is 25.5 Å². The van der Waals surface area contributed by atoms with Crippen LogP contribution < -0.4 is 5.32 Å². The standard InChI is InChI=1S/C14H22N4O2/c1-14(2,3)20-13(19)18-9-4-6-11(18)10-17-12-15-7-5-8-16-12/h5,7-8,11H,4,6,9-10H2,1-3H3,(H,15,16,17). The molecule has 0 radical (unpaired) electrons. The molecule has 1 amide bonds. The largest absolute Gasteiger partial charge is 0.444 e. The van der Waals surface area contributed by atoms with Crippen molar-refractivity contribution in [1.29, 1.82) is 0 Å². The summed E-state index contributed by atoms with van der Waals surface area (Å²) in [7, 11) is 0. The predicted octanol–water partition coefficient (Wildman–Crippen LogP) is 2.29. The molecule has 2 rings (SSSR count). The maximum atomic E-state index is 12.1. The first-order valence-corrected chi connectivity index (χ1v) is 6.96. The van der Waals surface area contributed by atoms with E-state index in [-0.39, 0.29) is 12.1 Å². The number of nitrogens with zero attached hydrogens (tertiary/aromatic N) is 3. The zero-order chi connectivity index (χ0) is 14.6. The molecule has 1 fully saturated rings. The van der Waals surface area contributed by atoms with Gasteiger partial charge in [-0.1, -0.05) is 0 Å². The molecule has 1 aromatic rings. The molecule has 6 nitrogen and oxygen atoms in total. The van der Waals surface area contributed by atoms with E-state index in [9.17, 15) is 4.79 Å². The number of anilines is 1. The lowest BCUT2D eigenvalue weighted by Gasteiger charge is -2.28. The molecule has 1 N–H and O–H groups in total. The van der Waals surface area contributed by atoms with E-state index in [1.165, 1.54) is 0 Å². The lowest BCUT2D eigenvalue weighted by atomic mass is 10.2. The van der Waals surface area contributed by atoms with Crippen molar-refractivity contribution >= 4 is 12.0 Å². The van der Waals surface area contributed by atoms with Crippen molar-refractivity contribution in [2.24, 2.45) is 0 Å². The molecule has 1 aliphatic rings. The Bertz CT molecular complexity index is 444. The van der Waals surface area contributed by atoms with Crippen LogP contribution in [0.15, 0.2) is 18.5 Å². The minimum atomic E-state index is -0.458. The maximum absolute atomic E-state index is 12.1. The van der Waals surface area contributed by atoms with Crippen LogP contribution in [-0.4, -0.2) is 45.7 Å². The Hall–Kier alpha value is -1.85. The van der Waals surface area contributed by atoms with Gasteiger partial charge in [0.25, 0.3) is 0 Å². The predicted molar refractivity (Wildman–Crippen MR) is 76.5 cm³/mol. The third-order valence-electron chi connectivity index (χ3n) is 3.07. The van der Waals surface area contributed by atoms with Crippen molar-refractivity contribution in [1.82, 2.24) is 14.9 Å². The highest BCUT2D eigenvalue weighted by Crippen LogP contribution is 2.20. The molecular weight excluding hydrogens is 256 g/mol. The molecule has 1 saturated heterocycles. The molecule has 0 bridgehead atoms. The van der Waals surface area contributed by atoms with Crippen LogP contribution in [0.1, 0.15) is 33.6 Å². The van der Waals surface area contributed by atoms with Crippen LogP contribution in [0, 0.1) is 0 Å². The number of nitrogens with one attached hydrogen (secondary N) is 1. The number of carbonyl (C=O) groups excluding carboxylic acids is 1. The molecule has 1 aliphatic heterocycles. The van der Waals surface area contributed by atoms with E-state index in [4.69, 9.17) is 4.74 Å². The van der Waals surface area contributed by atoms with E-state index in [0.29, 0.717) is 12.5 Å². The van der Waals surface area contributed by atoms with Gasteiger partial charge in [-0.25, -0.2) is 14.8 Å². The zero-order valence-electron chi connectivity index (χ0n) is 12.3. The van der Waals surface area contributed by atoms with Crippen molar-refractivity contribution in [2.75, 3.05) is 18.4 Å². The van der Waals surface area contributed by atoms with Gasteiger partial charge in [-0.05, 0) is 39.7 Å². The topological polar surface area (TPSA) is 67.3 Å². The maximum Gasteiger partial charge on any atom is 0.410 e. The van der Waals surface area contributed by atoms with E-state index in [1.807, 2.05) is 20.8 Å². The third kappa shape index (κ3) is 4.08. The van der Waals surface area contributed by atoms with Crippen molar-refractivity contribution < 1.29 is 9.53 Å². The SMILES string of the molecule is CC(C)(C)OC(=O)N1CCCC1CNc1ncccn1. The molecule has 6 heteroatoms. The summed E-state index contributed by atoms with van der Waals surface area (Å²) >= 11 is 0. The number of ether oxygens (including phenoxy) is 1. The Morgan fingerprint density at radius 2 is 2.15 bits per heavy atom. The number of hydrogen-bond acceptors (Lipinski definition) is 5. The third-order valence-corrected chi connectivity index (χ3v) is 3.07. The van der Waals surface area contributed by atoms with Crippen LogP contribution >= 0.6 is 0 Å². The first-order chi connectivity index (χ1) is 9.46.